The number of thiazole rings is 1. The molecule has 1 fully saturated rings. The SMILES string of the molecule is CCCN1CCC(NC(=NC)NCc2nc(C(F)(F)F)cs2)CC1.I. The van der Waals surface area contributed by atoms with Crippen LogP contribution in [-0.2, 0) is 12.7 Å². The fourth-order valence-corrected chi connectivity index (χ4v) is 3.43. The molecule has 2 rings (SSSR count). The molecule has 0 unspecified atom stereocenters. The molecule has 0 spiro atoms. The minimum atomic E-state index is -4.39. The molecular weight excluding hydrogens is 466 g/mol. The second-order valence-corrected chi connectivity index (χ2v) is 6.75. The highest BCUT2D eigenvalue weighted by Crippen LogP contribution is 2.29. The van der Waals surface area contributed by atoms with Crippen molar-refractivity contribution in [3.8, 4) is 0 Å². The van der Waals surface area contributed by atoms with Crippen LogP contribution in [0.25, 0.3) is 0 Å². The van der Waals surface area contributed by atoms with Gasteiger partial charge in [-0.15, -0.1) is 35.3 Å². The lowest BCUT2D eigenvalue weighted by Crippen LogP contribution is -2.48. The van der Waals surface area contributed by atoms with Crippen LogP contribution in [0.2, 0.25) is 0 Å². The Morgan fingerprint density at radius 2 is 2.08 bits per heavy atom. The van der Waals surface area contributed by atoms with Crippen LogP contribution in [-0.4, -0.2) is 48.6 Å². The molecule has 0 aromatic carbocycles. The van der Waals surface area contributed by atoms with Crippen LogP contribution in [0.5, 0.6) is 0 Å². The number of rotatable bonds is 5. The maximum Gasteiger partial charge on any atom is 0.434 e. The summed E-state index contributed by atoms with van der Waals surface area (Å²) in [5.74, 6) is 0.604. The van der Waals surface area contributed by atoms with Crippen LogP contribution in [0.3, 0.4) is 0 Å². The molecule has 25 heavy (non-hydrogen) atoms. The van der Waals surface area contributed by atoms with Crippen molar-refractivity contribution in [1.29, 1.82) is 0 Å². The third kappa shape index (κ3) is 7.26. The molecule has 1 aliphatic rings. The molecule has 1 saturated heterocycles. The van der Waals surface area contributed by atoms with E-state index in [4.69, 9.17) is 0 Å². The zero-order valence-electron chi connectivity index (χ0n) is 14.4. The number of likely N-dealkylation sites (tertiary alicyclic amines) is 1. The molecule has 2 N–H and O–H groups in total. The Hall–Kier alpha value is -0.620. The van der Waals surface area contributed by atoms with Crippen LogP contribution >= 0.6 is 35.3 Å². The maximum absolute atomic E-state index is 12.5. The normalized spacial score (nSPS) is 17.2. The lowest BCUT2D eigenvalue weighted by Gasteiger charge is -2.32. The Labute approximate surface area is 167 Å². The average molecular weight is 491 g/mol. The average Bonchev–Trinajstić information content (AvgIpc) is 3.02. The molecule has 1 aromatic rings. The summed E-state index contributed by atoms with van der Waals surface area (Å²) in [6.07, 6.45) is -1.15. The van der Waals surface area contributed by atoms with Crippen molar-refractivity contribution in [3.05, 3.63) is 16.1 Å². The molecule has 144 valence electrons. The van der Waals surface area contributed by atoms with Gasteiger partial charge < -0.3 is 15.5 Å². The monoisotopic (exact) mass is 491 g/mol. The topological polar surface area (TPSA) is 52.5 Å². The van der Waals surface area contributed by atoms with Gasteiger partial charge >= 0.3 is 6.18 Å². The smallest absolute Gasteiger partial charge is 0.354 e. The molecule has 0 radical (unpaired) electrons. The number of guanidine groups is 1. The van der Waals surface area contributed by atoms with Gasteiger partial charge in [-0.05, 0) is 25.8 Å². The van der Waals surface area contributed by atoms with Crippen LogP contribution in [0.4, 0.5) is 13.2 Å². The van der Waals surface area contributed by atoms with Gasteiger partial charge in [-0.25, -0.2) is 4.98 Å². The van der Waals surface area contributed by atoms with E-state index in [0.717, 1.165) is 55.6 Å². The van der Waals surface area contributed by atoms with Gasteiger partial charge in [0.2, 0.25) is 0 Å². The Morgan fingerprint density at radius 3 is 2.60 bits per heavy atom. The third-order valence-electron chi connectivity index (χ3n) is 3.94. The molecule has 1 aromatic heterocycles. The third-order valence-corrected chi connectivity index (χ3v) is 4.79. The molecule has 0 amide bonds. The van der Waals surface area contributed by atoms with E-state index in [1.165, 1.54) is 0 Å². The minimum absolute atomic E-state index is 0. The Balaban J connectivity index is 0.00000312. The minimum Gasteiger partial charge on any atom is -0.354 e. The summed E-state index contributed by atoms with van der Waals surface area (Å²) < 4.78 is 37.6. The predicted molar refractivity (Wildman–Crippen MR) is 106 cm³/mol. The number of nitrogens with one attached hydrogen (secondary N) is 2. The largest absolute Gasteiger partial charge is 0.434 e. The lowest BCUT2D eigenvalue weighted by atomic mass is 10.1. The quantitative estimate of drug-likeness (QED) is 0.377. The molecule has 1 aliphatic heterocycles. The number of hydrogen-bond acceptors (Lipinski definition) is 4. The zero-order valence-corrected chi connectivity index (χ0v) is 17.5. The summed E-state index contributed by atoms with van der Waals surface area (Å²) in [5, 5.41) is 7.81. The van der Waals surface area contributed by atoms with Gasteiger partial charge in [-0.2, -0.15) is 13.2 Å². The van der Waals surface area contributed by atoms with Crippen LogP contribution in [0.15, 0.2) is 10.4 Å². The highest BCUT2D eigenvalue weighted by molar-refractivity contribution is 14.0. The summed E-state index contributed by atoms with van der Waals surface area (Å²) in [4.78, 5) is 10.2. The van der Waals surface area contributed by atoms with Gasteiger partial charge in [0.15, 0.2) is 11.7 Å². The zero-order chi connectivity index (χ0) is 17.6. The second-order valence-electron chi connectivity index (χ2n) is 5.81. The van der Waals surface area contributed by atoms with Crippen LogP contribution in [0.1, 0.15) is 36.9 Å². The van der Waals surface area contributed by atoms with Gasteiger partial charge in [-0.3, -0.25) is 4.99 Å². The number of alkyl halides is 3. The van der Waals surface area contributed by atoms with E-state index < -0.39 is 11.9 Å². The standard InChI is InChI=1S/C15H24F3N5S.HI/c1-3-6-23-7-4-11(5-8-23)21-14(19-2)20-9-13-22-12(10-24-13)15(16,17)18;/h10-11H,3-9H2,1-2H3,(H2,19,20,21);1H. The van der Waals surface area contributed by atoms with E-state index in [0.29, 0.717) is 17.0 Å². The first-order valence-corrected chi connectivity index (χ1v) is 9.01. The fourth-order valence-electron chi connectivity index (χ4n) is 2.69. The highest BCUT2D eigenvalue weighted by Gasteiger charge is 2.33. The van der Waals surface area contributed by atoms with Crippen molar-refractivity contribution < 1.29 is 13.2 Å². The summed E-state index contributed by atoms with van der Waals surface area (Å²) in [6, 6.07) is 0.339. The molecule has 10 heteroatoms. The van der Waals surface area contributed by atoms with Crippen LogP contribution < -0.4 is 10.6 Å². The van der Waals surface area contributed by atoms with E-state index in [2.05, 4.69) is 32.4 Å². The molecule has 0 saturated carbocycles. The predicted octanol–water partition coefficient (Wildman–Crippen LogP) is 3.32. The van der Waals surface area contributed by atoms with Crippen LogP contribution in [0, 0.1) is 0 Å². The van der Waals surface area contributed by atoms with Crippen molar-refractivity contribution in [2.24, 2.45) is 4.99 Å². The highest BCUT2D eigenvalue weighted by atomic mass is 127. The molecule has 0 bridgehead atoms. The van der Waals surface area contributed by atoms with E-state index in [9.17, 15) is 13.2 Å². The first kappa shape index (κ1) is 22.4. The molecule has 0 aliphatic carbocycles. The summed E-state index contributed by atoms with van der Waals surface area (Å²) in [6.45, 7) is 5.66. The van der Waals surface area contributed by atoms with Gasteiger partial charge in [-0.1, -0.05) is 6.92 Å². The number of aliphatic imine (C=N–C) groups is 1. The van der Waals surface area contributed by atoms with E-state index >= 15 is 0 Å². The summed E-state index contributed by atoms with van der Waals surface area (Å²) in [7, 11) is 1.66. The Kier molecular flexibility index (Phi) is 9.43. The summed E-state index contributed by atoms with van der Waals surface area (Å²) >= 11 is 0.998. The van der Waals surface area contributed by atoms with Crippen molar-refractivity contribution in [2.45, 2.75) is 44.9 Å². The Bertz CT molecular complexity index is 542. The molecular formula is C15H25F3IN5S. The van der Waals surface area contributed by atoms with Gasteiger partial charge in [0.25, 0.3) is 0 Å². The maximum atomic E-state index is 12.5. The Morgan fingerprint density at radius 1 is 1.40 bits per heavy atom. The number of nitrogens with zero attached hydrogens (tertiary/aromatic N) is 3. The molecule has 0 atom stereocenters. The number of aromatic nitrogens is 1. The number of hydrogen-bond donors (Lipinski definition) is 2. The number of piperidine rings is 1. The van der Waals surface area contributed by atoms with Crippen molar-refractivity contribution in [3.63, 3.8) is 0 Å². The molecule has 2 heterocycles. The summed E-state index contributed by atoms with van der Waals surface area (Å²) in [5.41, 5.74) is -0.837. The van der Waals surface area contributed by atoms with Gasteiger partial charge in [0.05, 0.1) is 6.54 Å². The van der Waals surface area contributed by atoms with E-state index in [-0.39, 0.29) is 30.5 Å². The number of halogens is 4. The van der Waals surface area contributed by atoms with Gasteiger partial charge in [0, 0.05) is 31.6 Å². The fraction of sp³-hybridized carbons (Fsp3) is 0.733. The van der Waals surface area contributed by atoms with Gasteiger partial charge in [0.1, 0.15) is 5.01 Å². The van der Waals surface area contributed by atoms with Crippen molar-refractivity contribution in [2.75, 3.05) is 26.7 Å². The van der Waals surface area contributed by atoms with Crippen molar-refractivity contribution >= 4 is 41.3 Å². The van der Waals surface area contributed by atoms with E-state index in [1.54, 1.807) is 7.05 Å². The molecule has 5 nitrogen and oxygen atoms in total. The second kappa shape index (κ2) is 10.5. The first-order valence-electron chi connectivity index (χ1n) is 8.13. The lowest BCUT2D eigenvalue weighted by molar-refractivity contribution is -0.140. The first-order chi connectivity index (χ1) is 11.4. The van der Waals surface area contributed by atoms with E-state index in [1.807, 2.05) is 0 Å². The van der Waals surface area contributed by atoms with Crippen molar-refractivity contribution in [1.82, 2.24) is 20.5 Å².